The number of nitrogens with one attached hydrogen (secondary N) is 2. The summed E-state index contributed by atoms with van der Waals surface area (Å²) in [5, 5.41) is 5.92. The molecule has 1 aliphatic rings. The van der Waals surface area contributed by atoms with E-state index < -0.39 is 11.6 Å². The highest BCUT2D eigenvalue weighted by molar-refractivity contribution is 5.91. The summed E-state index contributed by atoms with van der Waals surface area (Å²) in [7, 11) is 0. The van der Waals surface area contributed by atoms with Crippen molar-refractivity contribution >= 4 is 11.9 Å². The molecule has 5 nitrogen and oxygen atoms in total. The Morgan fingerprint density at radius 2 is 2.05 bits per heavy atom. The van der Waals surface area contributed by atoms with Crippen LogP contribution in [0.3, 0.4) is 0 Å². The lowest BCUT2D eigenvalue weighted by atomic mass is 10.0. The molecule has 0 spiro atoms. The van der Waals surface area contributed by atoms with E-state index in [0.29, 0.717) is 12.3 Å². The van der Waals surface area contributed by atoms with Crippen molar-refractivity contribution in [2.45, 2.75) is 65.6 Å². The summed E-state index contributed by atoms with van der Waals surface area (Å²) in [5.74, 6) is -0.0628. The van der Waals surface area contributed by atoms with Crippen LogP contribution in [0.15, 0.2) is 11.8 Å². The molecule has 0 fully saturated rings. The SMILES string of the molecule is CC(C)CC(NC1=CC(=O)NC1C)C(=O)OC(C)(C)C. The summed E-state index contributed by atoms with van der Waals surface area (Å²) in [6.07, 6.45) is 2.16. The summed E-state index contributed by atoms with van der Waals surface area (Å²) < 4.78 is 5.44. The lowest BCUT2D eigenvalue weighted by Gasteiger charge is -2.27. The molecule has 0 aliphatic carbocycles. The number of hydrogen-bond donors (Lipinski definition) is 2. The second-order valence-corrected chi connectivity index (χ2v) is 6.69. The van der Waals surface area contributed by atoms with E-state index in [9.17, 15) is 9.59 Å². The summed E-state index contributed by atoms with van der Waals surface area (Å²) in [6.45, 7) is 11.5. The van der Waals surface area contributed by atoms with Crippen molar-refractivity contribution in [3.8, 4) is 0 Å². The second kappa shape index (κ2) is 6.29. The average molecular weight is 282 g/mol. The van der Waals surface area contributed by atoms with Gasteiger partial charge >= 0.3 is 5.97 Å². The molecule has 20 heavy (non-hydrogen) atoms. The molecule has 0 saturated carbocycles. The summed E-state index contributed by atoms with van der Waals surface area (Å²) in [5.41, 5.74) is 0.226. The minimum absolute atomic E-state index is 0.0976. The van der Waals surface area contributed by atoms with Crippen LogP contribution in [0.25, 0.3) is 0 Å². The second-order valence-electron chi connectivity index (χ2n) is 6.69. The average Bonchev–Trinajstić information content (AvgIpc) is 2.53. The van der Waals surface area contributed by atoms with Gasteiger partial charge in [-0.25, -0.2) is 4.79 Å². The van der Waals surface area contributed by atoms with E-state index in [-0.39, 0.29) is 17.9 Å². The number of carbonyl (C=O) groups excluding carboxylic acids is 2. The van der Waals surface area contributed by atoms with Crippen LogP contribution in [0.5, 0.6) is 0 Å². The highest BCUT2D eigenvalue weighted by Gasteiger charge is 2.29. The molecule has 114 valence electrons. The molecule has 0 aromatic heterocycles. The third-order valence-electron chi connectivity index (χ3n) is 2.85. The summed E-state index contributed by atoms with van der Waals surface area (Å²) >= 11 is 0. The predicted octanol–water partition coefficient (Wildman–Crippen LogP) is 1.73. The van der Waals surface area contributed by atoms with Crippen LogP contribution in [-0.2, 0) is 14.3 Å². The van der Waals surface area contributed by atoms with Gasteiger partial charge in [-0.3, -0.25) is 4.79 Å². The Bertz CT molecular complexity index is 408. The Morgan fingerprint density at radius 1 is 1.45 bits per heavy atom. The van der Waals surface area contributed by atoms with Gasteiger partial charge in [-0.05, 0) is 40.0 Å². The Balaban J connectivity index is 2.77. The van der Waals surface area contributed by atoms with Gasteiger partial charge in [-0.1, -0.05) is 13.8 Å². The minimum Gasteiger partial charge on any atom is -0.458 e. The van der Waals surface area contributed by atoms with E-state index in [4.69, 9.17) is 4.74 Å². The van der Waals surface area contributed by atoms with Gasteiger partial charge in [-0.2, -0.15) is 0 Å². The summed E-state index contributed by atoms with van der Waals surface area (Å²) in [6, 6.07) is -0.532. The number of esters is 1. The zero-order chi connectivity index (χ0) is 15.5. The maximum absolute atomic E-state index is 12.3. The molecular weight excluding hydrogens is 256 g/mol. The fourth-order valence-electron chi connectivity index (χ4n) is 2.03. The first-order chi connectivity index (χ1) is 9.08. The van der Waals surface area contributed by atoms with Crippen LogP contribution in [0.2, 0.25) is 0 Å². The lowest BCUT2D eigenvalue weighted by Crippen LogP contribution is -2.44. The van der Waals surface area contributed by atoms with Crippen molar-refractivity contribution in [2.24, 2.45) is 5.92 Å². The monoisotopic (exact) mass is 282 g/mol. The van der Waals surface area contributed by atoms with Crippen LogP contribution in [0.4, 0.5) is 0 Å². The van der Waals surface area contributed by atoms with Gasteiger partial charge in [0.05, 0.1) is 6.04 Å². The zero-order valence-electron chi connectivity index (χ0n) is 13.2. The van der Waals surface area contributed by atoms with E-state index in [1.807, 2.05) is 27.7 Å². The number of hydrogen-bond acceptors (Lipinski definition) is 4. The van der Waals surface area contributed by atoms with E-state index in [1.165, 1.54) is 6.08 Å². The van der Waals surface area contributed by atoms with Gasteiger partial charge in [0, 0.05) is 11.8 Å². The van der Waals surface area contributed by atoms with Crippen molar-refractivity contribution < 1.29 is 14.3 Å². The third-order valence-corrected chi connectivity index (χ3v) is 2.85. The highest BCUT2D eigenvalue weighted by atomic mass is 16.6. The summed E-state index contributed by atoms with van der Waals surface area (Å²) in [4.78, 5) is 23.6. The van der Waals surface area contributed by atoms with E-state index in [0.717, 1.165) is 5.70 Å². The maximum Gasteiger partial charge on any atom is 0.329 e. The molecule has 2 atom stereocenters. The molecule has 5 heteroatoms. The Kier molecular flexibility index (Phi) is 5.20. The molecule has 1 amide bonds. The largest absolute Gasteiger partial charge is 0.458 e. The van der Waals surface area contributed by atoms with Gasteiger partial charge in [0.15, 0.2) is 0 Å². The Morgan fingerprint density at radius 3 is 2.45 bits per heavy atom. The van der Waals surface area contributed by atoms with Gasteiger partial charge in [0.1, 0.15) is 11.6 Å². The van der Waals surface area contributed by atoms with E-state index >= 15 is 0 Å². The van der Waals surface area contributed by atoms with Crippen LogP contribution >= 0.6 is 0 Å². The normalized spacial score (nSPS) is 20.4. The molecule has 0 aromatic rings. The van der Waals surface area contributed by atoms with Crippen LogP contribution in [0, 0.1) is 5.92 Å². The lowest BCUT2D eigenvalue weighted by molar-refractivity contribution is -0.157. The minimum atomic E-state index is -0.516. The fraction of sp³-hybridized carbons (Fsp3) is 0.733. The molecule has 1 rings (SSSR count). The Labute approximate surface area is 121 Å². The van der Waals surface area contributed by atoms with Gasteiger partial charge in [-0.15, -0.1) is 0 Å². The van der Waals surface area contributed by atoms with Crippen LogP contribution in [0.1, 0.15) is 48.0 Å². The molecular formula is C15H26N2O3. The van der Waals surface area contributed by atoms with Crippen molar-refractivity contribution in [3.05, 3.63) is 11.8 Å². The number of amides is 1. The van der Waals surface area contributed by atoms with Gasteiger partial charge in [0.25, 0.3) is 0 Å². The molecule has 1 aliphatic heterocycles. The van der Waals surface area contributed by atoms with Crippen molar-refractivity contribution in [2.75, 3.05) is 0 Å². The van der Waals surface area contributed by atoms with Crippen LogP contribution < -0.4 is 10.6 Å². The Hall–Kier alpha value is -1.52. The first-order valence-electron chi connectivity index (χ1n) is 7.10. The third kappa shape index (κ3) is 5.23. The molecule has 0 radical (unpaired) electrons. The van der Waals surface area contributed by atoms with Crippen molar-refractivity contribution in [1.29, 1.82) is 0 Å². The fourth-order valence-corrected chi connectivity index (χ4v) is 2.03. The quantitative estimate of drug-likeness (QED) is 0.754. The van der Waals surface area contributed by atoms with E-state index in [1.54, 1.807) is 0 Å². The van der Waals surface area contributed by atoms with Gasteiger partial charge in [0.2, 0.25) is 5.91 Å². The molecule has 0 bridgehead atoms. The molecule has 2 unspecified atom stereocenters. The van der Waals surface area contributed by atoms with Gasteiger partial charge < -0.3 is 15.4 Å². The van der Waals surface area contributed by atoms with E-state index in [2.05, 4.69) is 24.5 Å². The first-order valence-corrected chi connectivity index (χ1v) is 7.10. The highest BCUT2D eigenvalue weighted by Crippen LogP contribution is 2.15. The standard InChI is InChI=1S/C15H26N2O3/c1-9(2)7-12(14(19)20-15(4,5)6)17-11-8-13(18)16-10(11)3/h8-10,12,17H,7H2,1-6H3,(H,16,18). The van der Waals surface area contributed by atoms with Crippen molar-refractivity contribution in [3.63, 3.8) is 0 Å². The maximum atomic E-state index is 12.3. The topological polar surface area (TPSA) is 67.4 Å². The van der Waals surface area contributed by atoms with Crippen molar-refractivity contribution in [1.82, 2.24) is 10.6 Å². The first kappa shape index (κ1) is 16.5. The predicted molar refractivity (Wildman–Crippen MR) is 77.9 cm³/mol. The number of ether oxygens (including phenoxy) is 1. The number of carbonyl (C=O) groups is 2. The number of rotatable bonds is 5. The smallest absolute Gasteiger partial charge is 0.329 e. The molecule has 2 N–H and O–H groups in total. The molecule has 0 saturated heterocycles. The van der Waals surface area contributed by atoms with Crippen LogP contribution in [-0.4, -0.2) is 29.6 Å². The molecule has 0 aromatic carbocycles. The molecule has 1 heterocycles. The zero-order valence-corrected chi connectivity index (χ0v) is 13.2.